The first-order chi connectivity index (χ1) is 10.8. The molecule has 0 N–H and O–H groups in total. The van der Waals surface area contributed by atoms with Gasteiger partial charge in [-0.1, -0.05) is 18.2 Å². The lowest BCUT2D eigenvalue weighted by Crippen LogP contribution is -2.70. The van der Waals surface area contributed by atoms with Gasteiger partial charge in [0.2, 0.25) is 0 Å². The fourth-order valence-corrected chi connectivity index (χ4v) is 3.69. The predicted octanol–water partition coefficient (Wildman–Crippen LogP) is 2.04. The third kappa shape index (κ3) is 2.47. The average Bonchev–Trinajstić information content (AvgIpc) is 2.43. The SMILES string of the molecule is CC(=O)OC1(C)CN(C)C2CC1(OC(C)=O)Oc1ccccc12. The number of rotatable bonds is 2. The van der Waals surface area contributed by atoms with Crippen LogP contribution < -0.4 is 4.74 Å². The summed E-state index contributed by atoms with van der Waals surface area (Å²) < 4.78 is 17.3. The van der Waals surface area contributed by atoms with Gasteiger partial charge in [-0.15, -0.1) is 0 Å². The minimum Gasteiger partial charge on any atom is -0.450 e. The summed E-state index contributed by atoms with van der Waals surface area (Å²) in [5.41, 5.74) is -0.0498. The molecule has 0 amide bonds. The lowest BCUT2D eigenvalue weighted by molar-refractivity contribution is -0.304. The second-order valence-electron chi connectivity index (χ2n) is 6.45. The zero-order valence-electron chi connectivity index (χ0n) is 13.8. The minimum absolute atomic E-state index is 0.0305. The number of esters is 2. The van der Waals surface area contributed by atoms with Crippen molar-refractivity contribution < 1.29 is 23.8 Å². The molecule has 0 saturated carbocycles. The highest BCUT2D eigenvalue weighted by atomic mass is 16.7. The zero-order chi connectivity index (χ0) is 16.8. The number of hydrogen-bond donors (Lipinski definition) is 0. The first kappa shape index (κ1) is 15.8. The molecule has 1 aromatic carbocycles. The fraction of sp³-hybridized carbons (Fsp3) is 0.529. The molecular weight excluding hydrogens is 298 g/mol. The summed E-state index contributed by atoms with van der Waals surface area (Å²) in [4.78, 5) is 25.4. The van der Waals surface area contributed by atoms with Gasteiger partial charge in [-0.2, -0.15) is 0 Å². The van der Waals surface area contributed by atoms with Crippen LogP contribution in [0.15, 0.2) is 24.3 Å². The molecule has 1 saturated heterocycles. The van der Waals surface area contributed by atoms with E-state index in [0.29, 0.717) is 18.7 Å². The number of fused-ring (bicyclic) bond motifs is 4. The van der Waals surface area contributed by atoms with Gasteiger partial charge in [0.25, 0.3) is 5.79 Å². The summed E-state index contributed by atoms with van der Waals surface area (Å²) in [5, 5.41) is 0. The quantitative estimate of drug-likeness (QED) is 0.777. The van der Waals surface area contributed by atoms with Crippen molar-refractivity contribution in [3.63, 3.8) is 0 Å². The minimum atomic E-state index is -1.32. The third-order valence-corrected chi connectivity index (χ3v) is 4.58. The van der Waals surface area contributed by atoms with Crippen LogP contribution in [0.3, 0.4) is 0 Å². The third-order valence-electron chi connectivity index (χ3n) is 4.58. The Morgan fingerprint density at radius 3 is 2.52 bits per heavy atom. The van der Waals surface area contributed by atoms with E-state index in [1.807, 2.05) is 31.3 Å². The fourth-order valence-electron chi connectivity index (χ4n) is 3.69. The number of hydrogen-bond acceptors (Lipinski definition) is 6. The Kier molecular flexibility index (Phi) is 3.59. The molecule has 1 aromatic rings. The summed E-state index contributed by atoms with van der Waals surface area (Å²) >= 11 is 0. The molecule has 3 unspecified atom stereocenters. The lowest BCUT2D eigenvalue weighted by atomic mass is 9.78. The summed E-state index contributed by atoms with van der Waals surface area (Å²) in [6.07, 6.45) is 0.407. The van der Waals surface area contributed by atoms with E-state index in [1.165, 1.54) is 13.8 Å². The molecule has 0 radical (unpaired) electrons. The van der Waals surface area contributed by atoms with Gasteiger partial charge < -0.3 is 14.2 Å². The van der Waals surface area contributed by atoms with Crippen LogP contribution in [0.25, 0.3) is 0 Å². The van der Waals surface area contributed by atoms with Crippen LogP contribution in [0.4, 0.5) is 0 Å². The molecule has 2 aliphatic rings. The predicted molar refractivity (Wildman–Crippen MR) is 81.7 cm³/mol. The van der Waals surface area contributed by atoms with E-state index >= 15 is 0 Å². The van der Waals surface area contributed by atoms with Gasteiger partial charge in [-0.3, -0.25) is 14.5 Å². The molecule has 1 fully saturated rings. The van der Waals surface area contributed by atoms with E-state index in [2.05, 4.69) is 4.90 Å². The Labute approximate surface area is 135 Å². The largest absolute Gasteiger partial charge is 0.450 e. The number of likely N-dealkylation sites (N-methyl/N-ethyl adjacent to an activating group) is 1. The Hall–Kier alpha value is -2.08. The van der Waals surface area contributed by atoms with Crippen LogP contribution in [-0.2, 0) is 19.1 Å². The smallest absolute Gasteiger partial charge is 0.306 e. The molecule has 3 rings (SSSR count). The Morgan fingerprint density at radius 1 is 1.22 bits per heavy atom. The van der Waals surface area contributed by atoms with Crippen molar-refractivity contribution in [2.45, 2.75) is 44.6 Å². The number of nitrogens with zero attached hydrogens (tertiary/aromatic N) is 1. The maximum absolute atomic E-state index is 11.7. The first-order valence-electron chi connectivity index (χ1n) is 7.64. The van der Waals surface area contributed by atoms with E-state index in [9.17, 15) is 9.59 Å². The van der Waals surface area contributed by atoms with Crippen LogP contribution in [0.5, 0.6) is 5.75 Å². The lowest BCUT2D eigenvalue weighted by Gasteiger charge is -2.56. The van der Waals surface area contributed by atoms with Gasteiger partial charge in [0.05, 0.1) is 0 Å². The monoisotopic (exact) mass is 319 g/mol. The second kappa shape index (κ2) is 5.23. The number of likely N-dealkylation sites (tertiary alicyclic amines) is 1. The highest BCUT2D eigenvalue weighted by Crippen LogP contribution is 2.52. The number of carbonyl (C=O) groups excluding carboxylic acids is 2. The molecule has 0 aromatic heterocycles. The summed E-state index contributed by atoms with van der Waals surface area (Å²) in [6.45, 7) is 4.83. The van der Waals surface area contributed by atoms with Gasteiger partial charge >= 0.3 is 11.9 Å². The van der Waals surface area contributed by atoms with E-state index in [1.54, 1.807) is 6.92 Å². The Balaban J connectivity index is 2.12. The van der Waals surface area contributed by atoms with Crippen molar-refractivity contribution in [2.75, 3.05) is 13.6 Å². The summed E-state index contributed by atoms with van der Waals surface area (Å²) in [5.74, 6) is -1.58. The van der Waals surface area contributed by atoms with Crippen molar-refractivity contribution in [1.82, 2.24) is 4.90 Å². The van der Waals surface area contributed by atoms with E-state index in [0.717, 1.165) is 5.56 Å². The zero-order valence-corrected chi connectivity index (χ0v) is 13.8. The van der Waals surface area contributed by atoms with Crippen LogP contribution in [0.2, 0.25) is 0 Å². The Morgan fingerprint density at radius 2 is 1.87 bits per heavy atom. The average molecular weight is 319 g/mol. The van der Waals surface area contributed by atoms with Gasteiger partial charge in [0, 0.05) is 38.4 Å². The number of ether oxygens (including phenoxy) is 3. The molecule has 124 valence electrons. The van der Waals surface area contributed by atoms with Gasteiger partial charge in [-0.25, -0.2) is 0 Å². The first-order valence-corrected chi connectivity index (χ1v) is 7.64. The van der Waals surface area contributed by atoms with E-state index in [-0.39, 0.29) is 6.04 Å². The molecule has 6 nitrogen and oxygen atoms in total. The highest BCUT2D eigenvalue weighted by molar-refractivity contribution is 5.68. The normalized spacial score (nSPS) is 32.4. The van der Waals surface area contributed by atoms with Crippen molar-refractivity contribution in [3.05, 3.63) is 29.8 Å². The topological polar surface area (TPSA) is 65.1 Å². The molecular formula is C17H21NO5. The van der Waals surface area contributed by atoms with E-state index in [4.69, 9.17) is 14.2 Å². The molecule has 6 heteroatoms. The van der Waals surface area contributed by atoms with Gasteiger partial charge in [-0.05, 0) is 20.0 Å². The number of carbonyl (C=O) groups is 2. The molecule has 0 spiro atoms. The Bertz CT molecular complexity index is 660. The number of para-hydroxylation sites is 1. The maximum atomic E-state index is 11.7. The summed E-state index contributed by atoms with van der Waals surface area (Å²) in [7, 11) is 1.96. The second-order valence-corrected chi connectivity index (χ2v) is 6.45. The number of benzene rings is 1. The van der Waals surface area contributed by atoms with Crippen molar-refractivity contribution in [3.8, 4) is 5.75 Å². The van der Waals surface area contributed by atoms with Crippen molar-refractivity contribution >= 4 is 11.9 Å². The highest BCUT2D eigenvalue weighted by Gasteiger charge is 2.64. The molecule has 2 bridgehead atoms. The van der Waals surface area contributed by atoms with Gasteiger partial charge in [0.1, 0.15) is 5.75 Å². The van der Waals surface area contributed by atoms with Gasteiger partial charge in [0.15, 0.2) is 5.60 Å². The van der Waals surface area contributed by atoms with Crippen LogP contribution in [-0.4, -0.2) is 41.8 Å². The van der Waals surface area contributed by atoms with E-state index < -0.39 is 23.3 Å². The molecule has 2 heterocycles. The number of piperidine rings is 1. The molecule has 3 atom stereocenters. The van der Waals surface area contributed by atoms with Crippen LogP contribution >= 0.6 is 0 Å². The van der Waals surface area contributed by atoms with Crippen LogP contribution in [0, 0.1) is 0 Å². The summed E-state index contributed by atoms with van der Waals surface area (Å²) in [6, 6.07) is 7.69. The molecule has 2 aliphatic heterocycles. The van der Waals surface area contributed by atoms with Crippen molar-refractivity contribution in [1.29, 1.82) is 0 Å². The molecule has 0 aliphatic carbocycles. The van der Waals surface area contributed by atoms with Crippen molar-refractivity contribution in [2.24, 2.45) is 0 Å². The maximum Gasteiger partial charge on any atom is 0.306 e. The standard InChI is InChI=1S/C17H21NO5/c1-11(19)21-16(3)10-18(4)14-9-17(16,22-12(2)20)23-15-8-6-5-7-13(14)15/h5-8,14H,9-10H2,1-4H3. The molecule has 23 heavy (non-hydrogen) atoms. The van der Waals surface area contributed by atoms with Crippen LogP contribution in [0.1, 0.15) is 38.8 Å².